The monoisotopic (exact) mass is 194 g/mol. The van der Waals surface area contributed by atoms with E-state index < -0.39 is 6.07 Å². The SMILES string of the molecule is O=P(Cl)(Cl)O/C=C/Cl. The zero-order chi connectivity index (χ0) is 6.62. The van der Waals surface area contributed by atoms with Crippen LogP contribution in [0.25, 0.3) is 0 Å². The second-order valence-electron chi connectivity index (χ2n) is 0.782. The van der Waals surface area contributed by atoms with Gasteiger partial charge in [-0.05, 0) is 0 Å². The summed E-state index contributed by atoms with van der Waals surface area (Å²) in [4.78, 5) is 0. The lowest BCUT2D eigenvalue weighted by atomic mass is 11.2. The largest absolute Gasteiger partial charge is 0.429 e. The lowest BCUT2D eigenvalue weighted by molar-refractivity contribution is 0.471. The highest BCUT2D eigenvalue weighted by atomic mass is 35.9. The number of hydrogen-bond acceptors (Lipinski definition) is 2. The van der Waals surface area contributed by atoms with Crippen LogP contribution in [0.4, 0.5) is 0 Å². The van der Waals surface area contributed by atoms with Gasteiger partial charge in [0.1, 0.15) is 6.26 Å². The van der Waals surface area contributed by atoms with Crippen LogP contribution in [-0.4, -0.2) is 0 Å². The quantitative estimate of drug-likeness (QED) is 0.499. The maximum Gasteiger partial charge on any atom is 0.427 e. The molecule has 0 aromatic heterocycles. The molecule has 0 bridgehead atoms. The Balaban J connectivity index is 3.57. The van der Waals surface area contributed by atoms with Gasteiger partial charge in [0, 0.05) is 28.0 Å². The summed E-state index contributed by atoms with van der Waals surface area (Å²) in [6.45, 7) is 0. The Morgan fingerprint density at radius 3 is 2.12 bits per heavy atom. The van der Waals surface area contributed by atoms with E-state index in [9.17, 15) is 4.57 Å². The van der Waals surface area contributed by atoms with Gasteiger partial charge in [0.15, 0.2) is 0 Å². The molecule has 0 unspecified atom stereocenters. The van der Waals surface area contributed by atoms with Crippen LogP contribution in [0, 0.1) is 0 Å². The van der Waals surface area contributed by atoms with Gasteiger partial charge in [-0.3, -0.25) is 0 Å². The minimum atomic E-state index is -3.41. The van der Waals surface area contributed by atoms with E-state index in [-0.39, 0.29) is 0 Å². The van der Waals surface area contributed by atoms with Gasteiger partial charge < -0.3 is 4.52 Å². The molecule has 0 aliphatic rings. The predicted molar refractivity (Wildman–Crippen MR) is 35.4 cm³/mol. The van der Waals surface area contributed by atoms with Crippen LogP contribution >= 0.6 is 40.2 Å². The van der Waals surface area contributed by atoms with Crippen molar-refractivity contribution in [1.82, 2.24) is 0 Å². The van der Waals surface area contributed by atoms with Gasteiger partial charge >= 0.3 is 6.07 Å². The molecule has 0 aromatic rings. The summed E-state index contributed by atoms with van der Waals surface area (Å²) in [5.41, 5.74) is 1.01. The average molecular weight is 195 g/mol. The fourth-order valence-corrected chi connectivity index (χ4v) is 0.696. The van der Waals surface area contributed by atoms with E-state index in [2.05, 4.69) is 4.52 Å². The molecule has 0 amide bonds. The van der Waals surface area contributed by atoms with Crippen LogP contribution in [0.3, 0.4) is 0 Å². The van der Waals surface area contributed by atoms with Crippen molar-refractivity contribution < 1.29 is 9.09 Å². The highest BCUT2D eigenvalue weighted by molar-refractivity contribution is 8.05. The zero-order valence-corrected chi connectivity index (χ0v) is 6.71. The second kappa shape index (κ2) is 3.62. The molecule has 0 aliphatic carbocycles. The van der Waals surface area contributed by atoms with Gasteiger partial charge in [0.05, 0.1) is 0 Å². The summed E-state index contributed by atoms with van der Waals surface area (Å²) in [6.07, 6.45) is -2.46. The third-order valence-corrected chi connectivity index (χ3v) is 1.18. The molecule has 8 heavy (non-hydrogen) atoms. The summed E-state index contributed by atoms with van der Waals surface area (Å²) >= 11 is 14.8. The summed E-state index contributed by atoms with van der Waals surface area (Å²) in [5.74, 6) is 0. The van der Waals surface area contributed by atoms with Crippen molar-refractivity contribution >= 4 is 40.2 Å². The predicted octanol–water partition coefficient (Wildman–Crippen LogP) is 3.30. The third kappa shape index (κ3) is 6.64. The van der Waals surface area contributed by atoms with Gasteiger partial charge in [-0.25, -0.2) is 4.57 Å². The van der Waals surface area contributed by atoms with Gasteiger partial charge in [0.2, 0.25) is 0 Å². The summed E-state index contributed by atoms with van der Waals surface area (Å²) in [5, 5.41) is 0. The van der Waals surface area contributed by atoms with E-state index in [4.69, 9.17) is 34.1 Å². The maximum atomic E-state index is 10.2. The van der Waals surface area contributed by atoms with Crippen LogP contribution < -0.4 is 0 Å². The molecular formula is C2H2Cl3O2P. The minimum absolute atomic E-state index is 0.947. The fraction of sp³-hybridized carbons (Fsp3) is 0. The van der Waals surface area contributed by atoms with E-state index in [1.807, 2.05) is 0 Å². The lowest BCUT2D eigenvalue weighted by Gasteiger charge is -1.95. The van der Waals surface area contributed by atoms with Crippen molar-refractivity contribution in [3.05, 3.63) is 11.8 Å². The van der Waals surface area contributed by atoms with Crippen molar-refractivity contribution in [2.24, 2.45) is 0 Å². The molecular weight excluding hydrogens is 193 g/mol. The first kappa shape index (κ1) is 8.64. The molecule has 0 spiro atoms. The highest BCUT2D eigenvalue weighted by Crippen LogP contribution is 2.57. The van der Waals surface area contributed by atoms with Crippen molar-refractivity contribution in [3.8, 4) is 0 Å². The molecule has 0 aliphatic heterocycles. The normalized spacial score (nSPS) is 12.4. The first-order valence-corrected chi connectivity index (χ1v) is 5.36. The molecule has 0 N–H and O–H groups in total. The molecule has 0 fully saturated rings. The van der Waals surface area contributed by atoms with E-state index >= 15 is 0 Å². The second-order valence-corrected chi connectivity index (χ2v) is 5.26. The molecule has 0 rings (SSSR count). The van der Waals surface area contributed by atoms with Crippen LogP contribution in [0.15, 0.2) is 11.8 Å². The summed E-state index contributed by atoms with van der Waals surface area (Å²) < 4.78 is 14.3. The summed E-state index contributed by atoms with van der Waals surface area (Å²) in [6, 6.07) is 0. The Morgan fingerprint density at radius 1 is 1.50 bits per heavy atom. The Morgan fingerprint density at radius 2 is 2.00 bits per heavy atom. The smallest absolute Gasteiger partial charge is 0.427 e. The highest BCUT2D eigenvalue weighted by Gasteiger charge is 2.11. The fourth-order valence-electron chi connectivity index (χ4n) is 0.0939. The van der Waals surface area contributed by atoms with Crippen LogP contribution in [-0.2, 0) is 9.09 Å². The van der Waals surface area contributed by atoms with Crippen LogP contribution in [0.2, 0.25) is 0 Å². The maximum absolute atomic E-state index is 10.2. The first-order chi connectivity index (χ1) is 3.56. The number of halogens is 3. The molecule has 0 saturated carbocycles. The van der Waals surface area contributed by atoms with E-state index in [1.54, 1.807) is 0 Å². The first-order valence-electron chi connectivity index (χ1n) is 1.49. The Kier molecular flexibility index (Phi) is 3.91. The van der Waals surface area contributed by atoms with E-state index in [0.717, 1.165) is 11.8 Å². The topological polar surface area (TPSA) is 26.3 Å². The molecule has 6 heteroatoms. The van der Waals surface area contributed by atoms with E-state index in [0.29, 0.717) is 0 Å². The van der Waals surface area contributed by atoms with Crippen molar-refractivity contribution in [2.45, 2.75) is 0 Å². The van der Waals surface area contributed by atoms with Crippen molar-refractivity contribution in [3.63, 3.8) is 0 Å². The molecule has 48 valence electrons. The number of rotatable bonds is 2. The Bertz CT molecular complexity index is 127. The number of hydrogen-bond donors (Lipinski definition) is 0. The van der Waals surface area contributed by atoms with Gasteiger partial charge in [-0.1, -0.05) is 11.6 Å². The Hall–Kier alpha value is 0.640. The van der Waals surface area contributed by atoms with Gasteiger partial charge in [-0.2, -0.15) is 0 Å². The lowest BCUT2D eigenvalue weighted by Crippen LogP contribution is -1.60. The molecule has 0 atom stereocenters. The zero-order valence-electron chi connectivity index (χ0n) is 3.55. The minimum Gasteiger partial charge on any atom is -0.429 e. The molecule has 2 nitrogen and oxygen atoms in total. The summed E-state index contributed by atoms with van der Waals surface area (Å²) in [7, 11) is 0. The third-order valence-electron chi connectivity index (χ3n) is 0.235. The van der Waals surface area contributed by atoms with E-state index in [1.165, 1.54) is 0 Å². The standard InChI is InChI=1S/C2H2Cl3O2P/c3-1-2-7-8(4,5)6/h1-2H/b2-1+. The average Bonchev–Trinajstić information content (AvgIpc) is 1.59. The van der Waals surface area contributed by atoms with Crippen LogP contribution in [0.5, 0.6) is 0 Å². The van der Waals surface area contributed by atoms with Crippen LogP contribution in [0.1, 0.15) is 0 Å². The molecule has 0 saturated heterocycles. The molecule has 0 radical (unpaired) electrons. The van der Waals surface area contributed by atoms with Gasteiger partial charge in [-0.15, -0.1) is 0 Å². The van der Waals surface area contributed by atoms with Crippen molar-refractivity contribution in [2.75, 3.05) is 0 Å². The molecule has 0 aromatic carbocycles. The van der Waals surface area contributed by atoms with Gasteiger partial charge in [0.25, 0.3) is 0 Å². The van der Waals surface area contributed by atoms with Crippen molar-refractivity contribution in [1.29, 1.82) is 0 Å². The Labute approximate surface area is 61.4 Å². The molecule has 0 heterocycles.